The van der Waals surface area contributed by atoms with E-state index in [1.807, 2.05) is 36.4 Å². The maximum atomic E-state index is 3.67. The van der Waals surface area contributed by atoms with E-state index < -0.39 is 0 Å². The molecule has 0 unspecified atom stereocenters. The zero-order valence-electron chi connectivity index (χ0n) is 6.88. The highest BCUT2D eigenvalue weighted by Gasteiger charge is 1.85. The minimum Gasteiger partial charge on any atom is -0.412 e. The molecule has 0 aliphatic heterocycles. The Labute approximate surface area is 72.5 Å². The van der Waals surface area contributed by atoms with Crippen molar-refractivity contribution in [2.45, 2.75) is 0 Å². The summed E-state index contributed by atoms with van der Waals surface area (Å²) in [7, 11) is 0. The van der Waals surface area contributed by atoms with Crippen molar-refractivity contribution in [3.8, 4) is 0 Å². The van der Waals surface area contributed by atoms with Crippen molar-refractivity contribution in [2.75, 3.05) is 0 Å². The van der Waals surface area contributed by atoms with Crippen molar-refractivity contribution in [3.05, 3.63) is 48.6 Å². The van der Waals surface area contributed by atoms with E-state index in [-0.39, 0.29) is 11.0 Å². The third-order valence-electron chi connectivity index (χ3n) is 1.38. The van der Waals surface area contributed by atoms with Crippen LogP contribution in [0.25, 0.3) is 12.2 Å². The van der Waals surface area contributed by atoms with Crippen molar-refractivity contribution in [1.29, 1.82) is 0 Å². The van der Waals surface area contributed by atoms with Crippen LogP contribution in [0.2, 0.25) is 0 Å². The summed E-state index contributed by atoms with van der Waals surface area (Å²) in [6, 6.07) is 8.06. The van der Waals surface area contributed by atoms with Crippen molar-refractivity contribution in [3.63, 3.8) is 0 Å². The van der Waals surface area contributed by atoms with Gasteiger partial charge in [0.15, 0.2) is 0 Å². The highest BCUT2D eigenvalue weighted by molar-refractivity contribution is 5.55. The third kappa shape index (κ3) is 3.14. The molecule has 0 aromatic heterocycles. The summed E-state index contributed by atoms with van der Waals surface area (Å²) in [6.45, 7) is 7.34. The van der Waals surface area contributed by atoms with Crippen molar-refractivity contribution < 1.29 is 11.0 Å². The maximum Gasteiger partial charge on any atom is -0.0257 e. The van der Waals surface area contributed by atoms with Gasteiger partial charge in [0, 0.05) is 0 Å². The van der Waals surface area contributed by atoms with E-state index in [1.165, 1.54) is 0 Å². The van der Waals surface area contributed by atoms with Crippen LogP contribution < -0.4 is 0 Å². The fraction of sp³-hybridized carbons (Fsp3) is 0. The Morgan fingerprint density at radius 3 is 1.67 bits per heavy atom. The van der Waals surface area contributed by atoms with Gasteiger partial charge >= 0.3 is 0 Å². The lowest BCUT2D eigenvalue weighted by molar-refractivity contribution is 0.823. The van der Waals surface area contributed by atoms with Gasteiger partial charge in [0.25, 0.3) is 0 Å². The molecule has 0 spiro atoms. The molecule has 4 N–H and O–H groups in total. The molecule has 12 heavy (non-hydrogen) atoms. The zero-order valence-corrected chi connectivity index (χ0v) is 6.88. The quantitative estimate of drug-likeness (QED) is 0.636. The van der Waals surface area contributed by atoms with Crippen LogP contribution in [0.15, 0.2) is 37.4 Å². The van der Waals surface area contributed by atoms with E-state index in [1.54, 1.807) is 0 Å². The van der Waals surface area contributed by atoms with Gasteiger partial charge in [-0.3, -0.25) is 0 Å². The van der Waals surface area contributed by atoms with Crippen LogP contribution >= 0.6 is 0 Å². The van der Waals surface area contributed by atoms with Gasteiger partial charge in [0.2, 0.25) is 0 Å². The van der Waals surface area contributed by atoms with Gasteiger partial charge in [-0.15, -0.1) is 0 Å². The zero-order chi connectivity index (χ0) is 7.40. The van der Waals surface area contributed by atoms with E-state index >= 15 is 0 Å². The monoisotopic (exact) mass is 166 g/mol. The Morgan fingerprint density at radius 2 is 1.33 bits per heavy atom. The maximum absolute atomic E-state index is 3.67. The molecule has 0 heterocycles. The summed E-state index contributed by atoms with van der Waals surface area (Å²) in [4.78, 5) is 0. The van der Waals surface area contributed by atoms with Crippen molar-refractivity contribution in [1.82, 2.24) is 0 Å². The topological polar surface area (TPSA) is 63.0 Å². The van der Waals surface area contributed by atoms with E-state index in [4.69, 9.17) is 0 Å². The molecular formula is C10H14O2. The van der Waals surface area contributed by atoms with E-state index in [0.29, 0.717) is 0 Å². The number of rotatable bonds is 2. The summed E-state index contributed by atoms with van der Waals surface area (Å²) >= 11 is 0. The SMILES string of the molecule is C=Cc1cccc(C=C)c1.O.O. The second kappa shape index (κ2) is 6.34. The molecule has 0 bridgehead atoms. The first-order valence-corrected chi connectivity index (χ1v) is 3.22. The fourth-order valence-corrected chi connectivity index (χ4v) is 0.813. The Hall–Kier alpha value is -1.38. The first kappa shape index (κ1) is 13.2. The Morgan fingerprint density at radius 1 is 0.917 bits per heavy atom. The lowest BCUT2D eigenvalue weighted by Crippen LogP contribution is -1.72. The van der Waals surface area contributed by atoms with Gasteiger partial charge in [-0.25, -0.2) is 0 Å². The molecule has 0 atom stereocenters. The number of hydrogen-bond donors (Lipinski definition) is 0. The molecule has 1 aromatic rings. The summed E-state index contributed by atoms with van der Waals surface area (Å²) in [5.41, 5.74) is 2.27. The standard InChI is InChI=1S/C10H10.2H2O/c1-3-9-6-5-7-10(4-2)8-9;;/h3-8H,1-2H2;2*1H2. The molecular weight excluding hydrogens is 152 g/mol. The molecule has 0 radical (unpaired) electrons. The summed E-state index contributed by atoms with van der Waals surface area (Å²) in [5.74, 6) is 0. The minimum atomic E-state index is 0. The fourth-order valence-electron chi connectivity index (χ4n) is 0.813. The van der Waals surface area contributed by atoms with Crippen LogP contribution in [0.3, 0.4) is 0 Å². The van der Waals surface area contributed by atoms with E-state index in [2.05, 4.69) is 13.2 Å². The molecule has 0 saturated carbocycles. The molecule has 0 aliphatic carbocycles. The Bertz CT molecular complexity index is 231. The predicted molar refractivity (Wildman–Crippen MR) is 53.9 cm³/mol. The van der Waals surface area contributed by atoms with Crippen LogP contribution in [-0.2, 0) is 0 Å². The molecule has 0 saturated heterocycles. The lowest BCUT2D eigenvalue weighted by atomic mass is 10.1. The second-order valence-electron chi connectivity index (χ2n) is 2.08. The van der Waals surface area contributed by atoms with Crippen LogP contribution in [0.1, 0.15) is 11.1 Å². The average molecular weight is 166 g/mol. The first-order valence-electron chi connectivity index (χ1n) is 3.22. The highest BCUT2D eigenvalue weighted by atomic mass is 16.0. The molecule has 0 aliphatic rings. The lowest BCUT2D eigenvalue weighted by Gasteiger charge is -1.93. The van der Waals surface area contributed by atoms with E-state index in [0.717, 1.165) is 11.1 Å². The van der Waals surface area contributed by atoms with E-state index in [9.17, 15) is 0 Å². The summed E-state index contributed by atoms with van der Waals surface area (Å²) < 4.78 is 0. The third-order valence-corrected chi connectivity index (χ3v) is 1.38. The normalized spacial score (nSPS) is 7.33. The molecule has 1 aromatic carbocycles. The van der Waals surface area contributed by atoms with Crippen LogP contribution in [0.5, 0.6) is 0 Å². The Balaban J connectivity index is 0. The molecule has 0 fully saturated rings. The molecule has 1 rings (SSSR count). The molecule has 0 amide bonds. The van der Waals surface area contributed by atoms with Crippen LogP contribution in [0, 0.1) is 0 Å². The smallest absolute Gasteiger partial charge is 0.0257 e. The van der Waals surface area contributed by atoms with Crippen molar-refractivity contribution in [2.24, 2.45) is 0 Å². The van der Waals surface area contributed by atoms with Gasteiger partial charge in [-0.1, -0.05) is 43.5 Å². The summed E-state index contributed by atoms with van der Waals surface area (Å²) in [5, 5.41) is 0. The van der Waals surface area contributed by atoms with Gasteiger partial charge < -0.3 is 11.0 Å². The van der Waals surface area contributed by atoms with Gasteiger partial charge in [0.05, 0.1) is 0 Å². The van der Waals surface area contributed by atoms with Gasteiger partial charge in [-0.05, 0) is 17.2 Å². The number of hydrogen-bond acceptors (Lipinski definition) is 0. The number of benzene rings is 1. The predicted octanol–water partition coefficient (Wildman–Crippen LogP) is 1.32. The van der Waals surface area contributed by atoms with Crippen molar-refractivity contribution >= 4 is 12.2 Å². The minimum absolute atomic E-state index is 0. The molecule has 2 nitrogen and oxygen atoms in total. The average Bonchev–Trinajstić information content (AvgIpc) is 2.05. The molecule has 2 heteroatoms. The highest BCUT2D eigenvalue weighted by Crippen LogP contribution is 2.06. The molecule has 66 valence electrons. The second-order valence-corrected chi connectivity index (χ2v) is 2.08. The first-order chi connectivity index (χ1) is 4.86. The summed E-state index contributed by atoms with van der Waals surface area (Å²) in [6.07, 6.45) is 3.65. The van der Waals surface area contributed by atoms with Gasteiger partial charge in [-0.2, -0.15) is 0 Å². The van der Waals surface area contributed by atoms with Crippen LogP contribution in [0.4, 0.5) is 0 Å². The van der Waals surface area contributed by atoms with Gasteiger partial charge in [0.1, 0.15) is 0 Å². The largest absolute Gasteiger partial charge is 0.412 e. The Kier molecular flexibility index (Phi) is 6.99. The van der Waals surface area contributed by atoms with Crippen LogP contribution in [-0.4, -0.2) is 11.0 Å².